The molecule has 1 aromatic heterocycles. The van der Waals surface area contributed by atoms with Crippen LogP contribution < -0.4 is 4.74 Å². The van der Waals surface area contributed by atoms with Gasteiger partial charge < -0.3 is 9.64 Å². The highest BCUT2D eigenvalue weighted by Gasteiger charge is 2.18. The van der Waals surface area contributed by atoms with Crippen LogP contribution >= 0.6 is 11.3 Å². The Morgan fingerprint density at radius 2 is 1.93 bits per heavy atom. The van der Waals surface area contributed by atoms with E-state index in [1.165, 1.54) is 16.9 Å². The molecule has 0 aliphatic rings. The number of carbonyl (C=O) groups is 1. The number of ether oxygens (including phenoxy) is 1. The second-order valence-electron chi connectivity index (χ2n) is 6.27. The molecule has 1 amide bonds. The molecule has 3 rings (SSSR count). The van der Waals surface area contributed by atoms with Crippen LogP contribution in [0.4, 0.5) is 0 Å². The van der Waals surface area contributed by atoms with Crippen LogP contribution in [-0.2, 0) is 6.42 Å². The SMILES string of the molecule is C=CCN(CCc1ccccc1)C(=O)c1csc(-c2ccc(OCC)cc2)n1. The van der Waals surface area contributed by atoms with E-state index in [1.807, 2.05) is 54.8 Å². The van der Waals surface area contributed by atoms with Crippen LogP contribution in [0, 0.1) is 0 Å². The molecule has 0 N–H and O–H groups in total. The van der Waals surface area contributed by atoms with Crippen molar-refractivity contribution in [3.8, 4) is 16.3 Å². The molecule has 28 heavy (non-hydrogen) atoms. The van der Waals surface area contributed by atoms with Gasteiger partial charge in [-0.25, -0.2) is 4.98 Å². The predicted octanol–water partition coefficient (Wildman–Crippen LogP) is 5.08. The number of hydrogen-bond donors (Lipinski definition) is 0. The van der Waals surface area contributed by atoms with Gasteiger partial charge >= 0.3 is 0 Å². The Morgan fingerprint density at radius 3 is 2.61 bits per heavy atom. The summed E-state index contributed by atoms with van der Waals surface area (Å²) < 4.78 is 5.47. The molecule has 144 valence electrons. The van der Waals surface area contributed by atoms with Gasteiger partial charge in [0.2, 0.25) is 0 Å². The summed E-state index contributed by atoms with van der Waals surface area (Å²) in [6.07, 6.45) is 2.55. The van der Waals surface area contributed by atoms with Crippen LogP contribution in [0.2, 0.25) is 0 Å². The van der Waals surface area contributed by atoms with Gasteiger partial charge in [-0.15, -0.1) is 17.9 Å². The molecule has 0 saturated carbocycles. The summed E-state index contributed by atoms with van der Waals surface area (Å²) in [5, 5.41) is 2.65. The second-order valence-corrected chi connectivity index (χ2v) is 7.13. The number of nitrogens with zero attached hydrogens (tertiary/aromatic N) is 2. The van der Waals surface area contributed by atoms with E-state index in [1.54, 1.807) is 11.0 Å². The quantitative estimate of drug-likeness (QED) is 0.477. The van der Waals surface area contributed by atoms with Gasteiger partial charge in [0.1, 0.15) is 16.5 Å². The van der Waals surface area contributed by atoms with Crippen molar-refractivity contribution in [3.05, 3.63) is 83.9 Å². The third-order valence-corrected chi connectivity index (χ3v) is 5.18. The number of aromatic nitrogens is 1. The van der Waals surface area contributed by atoms with E-state index < -0.39 is 0 Å². The number of amides is 1. The fraction of sp³-hybridized carbons (Fsp3) is 0.217. The molecule has 4 nitrogen and oxygen atoms in total. The molecule has 0 bridgehead atoms. The Balaban J connectivity index is 1.70. The average Bonchev–Trinajstić information content (AvgIpc) is 3.22. The molecular formula is C23H24N2O2S. The number of carbonyl (C=O) groups excluding carboxylic acids is 1. The van der Waals surface area contributed by atoms with Gasteiger partial charge in [0.25, 0.3) is 5.91 Å². The first-order valence-corrected chi connectivity index (χ1v) is 10.2. The number of hydrogen-bond acceptors (Lipinski definition) is 4. The minimum atomic E-state index is -0.0655. The van der Waals surface area contributed by atoms with Crippen molar-refractivity contribution in [3.63, 3.8) is 0 Å². The minimum Gasteiger partial charge on any atom is -0.494 e. The normalized spacial score (nSPS) is 10.5. The van der Waals surface area contributed by atoms with Gasteiger partial charge in [-0.2, -0.15) is 0 Å². The smallest absolute Gasteiger partial charge is 0.273 e. The number of rotatable bonds is 9. The van der Waals surface area contributed by atoms with Crippen molar-refractivity contribution >= 4 is 17.2 Å². The predicted molar refractivity (Wildman–Crippen MR) is 115 cm³/mol. The summed E-state index contributed by atoms with van der Waals surface area (Å²) in [5.74, 6) is 0.765. The Bertz CT molecular complexity index is 904. The molecule has 0 aliphatic heterocycles. The third kappa shape index (κ3) is 5.08. The van der Waals surface area contributed by atoms with Crippen molar-refractivity contribution < 1.29 is 9.53 Å². The molecule has 0 unspecified atom stereocenters. The first-order chi connectivity index (χ1) is 13.7. The molecule has 0 spiro atoms. The summed E-state index contributed by atoms with van der Waals surface area (Å²) in [6.45, 7) is 7.51. The maximum Gasteiger partial charge on any atom is 0.273 e. The van der Waals surface area contributed by atoms with Gasteiger partial charge in [-0.1, -0.05) is 36.4 Å². The van der Waals surface area contributed by atoms with E-state index in [-0.39, 0.29) is 5.91 Å². The molecule has 0 saturated heterocycles. The van der Waals surface area contributed by atoms with Crippen LogP contribution in [-0.4, -0.2) is 35.5 Å². The van der Waals surface area contributed by atoms with E-state index in [0.717, 1.165) is 22.7 Å². The zero-order valence-electron chi connectivity index (χ0n) is 16.0. The highest BCUT2D eigenvalue weighted by molar-refractivity contribution is 7.13. The van der Waals surface area contributed by atoms with Gasteiger partial charge in [0.15, 0.2) is 0 Å². The first kappa shape index (κ1) is 19.8. The maximum atomic E-state index is 12.9. The summed E-state index contributed by atoms with van der Waals surface area (Å²) in [5.41, 5.74) is 2.66. The Hall–Kier alpha value is -2.92. The lowest BCUT2D eigenvalue weighted by Crippen LogP contribution is -2.33. The highest BCUT2D eigenvalue weighted by Crippen LogP contribution is 2.26. The molecule has 5 heteroatoms. The van der Waals surface area contributed by atoms with Crippen LogP contribution in [0.5, 0.6) is 5.75 Å². The fourth-order valence-corrected chi connectivity index (χ4v) is 3.67. The highest BCUT2D eigenvalue weighted by atomic mass is 32.1. The standard InChI is InChI=1S/C23H24N2O2S/c1-3-15-25(16-14-18-8-6-5-7-9-18)23(26)21-17-28-22(24-21)19-10-12-20(13-11-19)27-4-2/h3,5-13,17H,1,4,14-16H2,2H3. The molecule has 1 heterocycles. The van der Waals surface area contributed by atoms with Crippen LogP contribution in [0.15, 0.2) is 72.6 Å². The van der Waals surface area contributed by atoms with E-state index in [9.17, 15) is 4.79 Å². The minimum absolute atomic E-state index is 0.0655. The topological polar surface area (TPSA) is 42.4 Å². The molecule has 0 atom stereocenters. The molecular weight excluding hydrogens is 368 g/mol. The van der Waals surface area contributed by atoms with Crippen LogP contribution in [0.25, 0.3) is 10.6 Å². The molecule has 0 aliphatic carbocycles. The van der Waals surface area contributed by atoms with Crippen LogP contribution in [0.1, 0.15) is 23.0 Å². The second kappa shape index (κ2) is 9.85. The molecule has 3 aromatic rings. The largest absolute Gasteiger partial charge is 0.494 e. The first-order valence-electron chi connectivity index (χ1n) is 9.34. The number of benzene rings is 2. The summed E-state index contributed by atoms with van der Waals surface area (Å²) >= 11 is 1.47. The van der Waals surface area contributed by atoms with Gasteiger partial charge in [0, 0.05) is 24.0 Å². The van der Waals surface area contributed by atoms with Gasteiger partial charge in [-0.05, 0) is 43.2 Å². The lowest BCUT2D eigenvalue weighted by atomic mass is 10.1. The maximum absolute atomic E-state index is 12.9. The zero-order valence-corrected chi connectivity index (χ0v) is 16.8. The Morgan fingerprint density at radius 1 is 1.18 bits per heavy atom. The molecule has 0 radical (unpaired) electrons. The van der Waals surface area contributed by atoms with Gasteiger partial charge in [-0.3, -0.25) is 4.79 Å². The number of thiazole rings is 1. The van der Waals surface area contributed by atoms with Crippen molar-refractivity contribution in [2.24, 2.45) is 0 Å². The Kier molecular flexibility index (Phi) is 6.98. The summed E-state index contributed by atoms with van der Waals surface area (Å²) in [4.78, 5) is 19.3. The van der Waals surface area contributed by atoms with Crippen LogP contribution in [0.3, 0.4) is 0 Å². The fourth-order valence-electron chi connectivity index (χ4n) is 2.87. The lowest BCUT2D eigenvalue weighted by Gasteiger charge is -2.20. The van der Waals surface area contributed by atoms with Crippen molar-refractivity contribution in [2.75, 3.05) is 19.7 Å². The van der Waals surface area contributed by atoms with E-state index in [2.05, 4.69) is 23.7 Å². The monoisotopic (exact) mass is 392 g/mol. The lowest BCUT2D eigenvalue weighted by molar-refractivity contribution is 0.0770. The zero-order chi connectivity index (χ0) is 19.8. The average molecular weight is 393 g/mol. The van der Waals surface area contributed by atoms with Crippen molar-refractivity contribution in [1.82, 2.24) is 9.88 Å². The van der Waals surface area contributed by atoms with Gasteiger partial charge in [0.05, 0.1) is 6.61 Å². The van der Waals surface area contributed by atoms with E-state index in [4.69, 9.17) is 4.74 Å². The Labute approximate surface area is 170 Å². The van der Waals surface area contributed by atoms with Crippen molar-refractivity contribution in [1.29, 1.82) is 0 Å². The molecule has 0 fully saturated rings. The van der Waals surface area contributed by atoms with E-state index >= 15 is 0 Å². The summed E-state index contributed by atoms with van der Waals surface area (Å²) in [7, 11) is 0. The van der Waals surface area contributed by atoms with E-state index in [0.29, 0.717) is 25.4 Å². The molecule has 2 aromatic carbocycles. The van der Waals surface area contributed by atoms with Crippen molar-refractivity contribution in [2.45, 2.75) is 13.3 Å². The third-order valence-electron chi connectivity index (χ3n) is 4.29. The summed E-state index contributed by atoms with van der Waals surface area (Å²) in [6, 6.07) is 17.9.